The molecule has 1 aliphatic carbocycles. The molecule has 0 saturated heterocycles. The highest BCUT2D eigenvalue weighted by atomic mass is 31.2. The SMILES string of the molecule is C=Cn1c(C#CP(=O)(OCC)OCC)cc2c1CCCC2. The molecule has 0 atom stereocenters. The van der Waals surface area contributed by atoms with E-state index in [0.29, 0.717) is 13.2 Å². The number of rotatable bonds is 5. The largest absolute Gasteiger partial charge is 0.405 e. The van der Waals surface area contributed by atoms with Crippen molar-refractivity contribution in [2.75, 3.05) is 13.2 Å². The minimum atomic E-state index is -3.33. The summed E-state index contributed by atoms with van der Waals surface area (Å²) in [4.78, 5) is 0. The third kappa shape index (κ3) is 3.68. The first kappa shape index (κ1) is 16.1. The summed E-state index contributed by atoms with van der Waals surface area (Å²) in [5, 5.41) is 0. The summed E-state index contributed by atoms with van der Waals surface area (Å²) in [6.45, 7) is 8.03. The fraction of sp³-hybridized carbons (Fsp3) is 0.500. The first-order chi connectivity index (χ1) is 10.1. The van der Waals surface area contributed by atoms with Gasteiger partial charge in [0.05, 0.1) is 18.9 Å². The summed E-state index contributed by atoms with van der Waals surface area (Å²) in [6, 6.07) is 2.06. The topological polar surface area (TPSA) is 40.5 Å². The number of hydrogen-bond acceptors (Lipinski definition) is 3. The molecular formula is C16H22NO3P. The molecule has 0 spiro atoms. The van der Waals surface area contributed by atoms with Crippen LogP contribution in [-0.2, 0) is 26.5 Å². The minimum absolute atomic E-state index is 0.310. The van der Waals surface area contributed by atoms with E-state index in [2.05, 4.69) is 24.2 Å². The van der Waals surface area contributed by atoms with Gasteiger partial charge < -0.3 is 4.57 Å². The Balaban J connectivity index is 2.35. The van der Waals surface area contributed by atoms with Crippen LogP contribution in [0.5, 0.6) is 0 Å². The summed E-state index contributed by atoms with van der Waals surface area (Å²) in [6.07, 6.45) is 6.27. The second-order valence-corrected chi connectivity index (χ2v) is 6.57. The Morgan fingerprint density at radius 2 is 2.00 bits per heavy atom. The van der Waals surface area contributed by atoms with Crippen LogP contribution in [-0.4, -0.2) is 17.8 Å². The maximum Gasteiger partial charge on any atom is 0.405 e. The normalized spacial score (nSPS) is 14.2. The number of aromatic nitrogens is 1. The van der Waals surface area contributed by atoms with E-state index in [1.807, 2.05) is 4.57 Å². The highest BCUT2D eigenvalue weighted by molar-refractivity contribution is 7.59. The van der Waals surface area contributed by atoms with Crippen LogP contribution in [0.25, 0.3) is 6.20 Å². The van der Waals surface area contributed by atoms with Gasteiger partial charge in [-0.05, 0) is 57.1 Å². The molecule has 0 aromatic carbocycles. The summed E-state index contributed by atoms with van der Waals surface area (Å²) in [5.74, 6) is 2.96. The van der Waals surface area contributed by atoms with E-state index in [0.717, 1.165) is 18.5 Å². The number of fused-ring (bicyclic) bond motifs is 1. The Bertz CT molecular complexity index is 611. The van der Waals surface area contributed by atoms with E-state index >= 15 is 0 Å². The zero-order chi connectivity index (χ0) is 15.3. The Morgan fingerprint density at radius 1 is 1.33 bits per heavy atom. The standard InChI is InChI=1S/C16H22NO3P/c1-4-17-15(13-14-9-7-8-10-16(14)17)11-12-21(18,19-5-2)20-6-3/h4,13H,1,5-10H2,2-3H3. The first-order valence-corrected chi connectivity index (χ1v) is 8.95. The molecule has 0 amide bonds. The summed E-state index contributed by atoms with van der Waals surface area (Å²) in [7, 11) is -3.33. The minimum Gasteiger partial charge on any atom is -0.314 e. The summed E-state index contributed by atoms with van der Waals surface area (Å²) in [5.41, 5.74) is 6.07. The Hall–Kier alpha value is -1.27. The molecular weight excluding hydrogens is 285 g/mol. The molecule has 114 valence electrons. The molecule has 1 heterocycles. The van der Waals surface area contributed by atoms with Crippen molar-refractivity contribution in [1.29, 1.82) is 0 Å². The van der Waals surface area contributed by atoms with Crippen molar-refractivity contribution in [1.82, 2.24) is 4.57 Å². The highest BCUT2D eigenvalue weighted by Gasteiger charge is 2.21. The molecule has 2 rings (SSSR count). The quantitative estimate of drug-likeness (QED) is 0.609. The van der Waals surface area contributed by atoms with Crippen molar-refractivity contribution in [3.8, 4) is 11.6 Å². The third-order valence-corrected chi connectivity index (χ3v) is 5.03. The zero-order valence-electron chi connectivity index (χ0n) is 12.7. The van der Waals surface area contributed by atoms with Crippen molar-refractivity contribution >= 4 is 13.8 Å². The lowest BCUT2D eigenvalue weighted by atomic mass is 9.98. The van der Waals surface area contributed by atoms with Crippen LogP contribution < -0.4 is 0 Å². The monoisotopic (exact) mass is 307 g/mol. The van der Waals surface area contributed by atoms with Gasteiger partial charge in [-0.15, -0.1) is 0 Å². The molecule has 0 fully saturated rings. The second kappa shape index (κ2) is 7.13. The molecule has 0 radical (unpaired) electrons. The van der Waals surface area contributed by atoms with Crippen LogP contribution in [0.4, 0.5) is 0 Å². The van der Waals surface area contributed by atoms with Gasteiger partial charge in [0.1, 0.15) is 0 Å². The van der Waals surface area contributed by atoms with E-state index < -0.39 is 7.60 Å². The summed E-state index contributed by atoms with van der Waals surface area (Å²) >= 11 is 0. The lowest BCUT2D eigenvalue weighted by Crippen LogP contribution is -2.04. The number of nitrogens with zero attached hydrogens (tertiary/aromatic N) is 1. The molecule has 1 aromatic heterocycles. The van der Waals surface area contributed by atoms with Gasteiger partial charge in [0, 0.05) is 17.6 Å². The first-order valence-electron chi connectivity index (χ1n) is 7.41. The molecule has 0 N–H and O–H groups in total. The zero-order valence-corrected chi connectivity index (χ0v) is 13.6. The van der Waals surface area contributed by atoms with Crippen LogP contribution in [0.1, 0.15) is 43.6 Å². The van der Waals surface area contributed by atoms with Gasteiger partial charge in [-0.25, -0.2) is 4.57 Å². The Labute approximate surface area is 126 Å². The maximum atomic E-state index is 12.4. The summed E-state index contributed by atoms with van der Waals surface area (Å²) < 4.78 is 24.7. The molecule has 5 heteroatoms. The Morgan fingerprint density at radius 3 is 2.62 bits per heavy atom. The van der Waals surface area contributed by atoms with Crippen LogP contribution in [0.2, 0.25) is 0 Å². The van der Waals surface area contributed by atoms with E-state index in [4.69, 9.17) is 9.05 Å². The van der Waals surface area contributed by atoms with Gasteiger partial charge in [-0.1, -0.05) is 6.58 Å². The predicted molar refractivity (Wildman–Crippen MR) is 85.2 cm³/mol. The van der Waals surface area contributed by atoms with Crippen molar-refractivity contribution in [3.63, 3.8) is 0 Å². The predicted octanol–water partition coefficient (Wildman–Crippen LogP) is 4.04. The molecule has 0 bridgehead atoms. The van der Waals surface area contributed by atoms with Gasteiger partial charge in [-0.3, -0.25) is 9.05 Å². The number of hydrogen-bond donors (Lipinski definition) is 0. The van der Waals surface area contributed by atoms with Crippen LogP contribution in [0.3, 0.4) is 0 Å². The van der Waals surface area contributed by atoms with Crippen molar-refractivity contribution in [2.45, 2.75) is 39.5 Å². The lowest BCUT2D eigenvalue weighted by Gasteiger charge is -2.13. The van der Waals surface area contributed by atoms with E-state index in [9.17, 15) is 4.57 Å². The fourth-order valence-corrected chi connectivity index (χ4v) is 3.73. The highest BCUT2D eigenvalue weighted by Crippen LogP contribution is 2.46. The Kier molecular flexibility index (Phi) is 5.47. The van der Waals surface area contributed by atoms with Gasteiger partial charge in [-0.2, -0.15) is 0 Å². The van der Waals surface area contributed by atoms with Crippen molar-refractivity contribution in [3.05, 3.63) is 29.6 Å². The van der Waals surface area contributed by atoms with Crippen LogP contribution >= 0.6 is 7.60 Å². The van der Waals surface area contributed by atoms with Gasteiger partial charge >= 0.3 is 7.60 Å². The van der Waals surface area contributed by atoms with E-state index in [1.165, 1.54) is 24.1 Å². The van der Waals surface area contributed by atoms with Gasteiger partial charge in [0.25, 0.3) is 0 Å². The number of aryl methyl sites for hydroxylation is 1. The van der Waals surface area contributed by atoms with Crippen LogP contribution in [0, 0.1) is 11.6 Å². The molecule has 0 saturated carbocycles. The van der Waals surface area contributed by atoms with E-state index in [-0.39, 0.29) is 0 Å². The van der Waals surface area contributed by atoms with E-state index in [1.54, 1.807) is 20.0 Å². The van der Waals surface area contributed by atoms with Crippen molar-refractivity contribution in [2.24, 2.45) is 0 Å². The molecule has 21 heavy (non-hydrogen) atoms. The molecule has 0 aliphatic heterocycles. The van der Waals surface area contributed by atoms with Gasteiger partial charge in [0.2, 0.25) is 0 Å². The smallest absolute Gasteiger partial charge is 0.314 e. The molecule has 1 aromatic rings. The molecule has 4 nitrogen and oxygen atoms in total. The fourth-order valence-electron chi connectivity index (χ4n) is 2.60. The molecule has 1 aliphatic rings. The lowest BCUT2D eigenvalue weighted by molar-refractivity contribution is 0.230. The van der Waals surface area contributed by atoms with Crippen LogP contribution in [0.15, 0.2) is 12.6 Å². The third-order valence-electron chi connectivity index (χ3n) is 3.44. The van der Waals surface area contributed by atoms with Crippen molar-refractivity contribution < 1.29 is 13.6 Å². The average molecular weight is 307 g/mol. The average Bonchev–Trinajstić information content (AvgIpc) is 2.83. The molecule has 0 unspecified atom stereocenters. The maximum absolute atomic E-state index is 12.4. The second-order valence-electron chi connectivity index (χ2n) is 4.83. The van der Waals surface area contributed by atoms with Gasteiger partial charge in [0.15, 0.2) is 0 Å².